The Morgan fingerprint density at radius 1 is 0.643 bits per heavy atom. The van der Waals surface area contributed by atoms with Crippen LogP contribution in [-0.2, 0) is 0 Å². The lowest BCUT2D eigenvalue weighted by atomic mass is 10.1. The van der Waals surface area contributed by atoms with E-state index in [4.69, 9.17) is 0 Å². The van der Waals surface area contributed by atoms with E-state index < -0.39 is 6.10 Å². The number of aliphatic hydroxyl groups excluding tert-OH is 1. The molecule has 138 valence electrons. The molecule has 0 aliphatic heterocycles. The molecule has 4 aromatic heterocycles. The van der Waals surface area contributed by atoms with Crippen LogP contribution in [0.4, 0.5) is 0 Å². The lowest BCUT2D eigenvalue weighted by molar-refractivity contribution is 0.103. The molecule has 6 heteroatoms. The molecule has 0 fully saturated rings. The molecule has 1 N–H and O–H groups in total. The van der Waals surface area contributed by atoms with Gasteiger partial charge in [0, 0.05) is 71.8 Å². The molecule has 0 saturated heterocycles. The molecule has 28 heavy (non-hydrogen) atoms. The topological polar surface area (TPSA) is 88.9 Å². The third kappa shape index (κ3) is 5.12. The molecule has 0 atom stereocenters. The third-order valence-electron chi connectivity index (χ3n) is 3.85. The van der Waals surface area contributed by atoms with Gasteiger partial charge in [0.25, 0.3) is 0 Å². The molecule has 0 saturated carbocycles. The summed E-state index contributed by atoms with van der Waals surface area (Å²) >= 11 is 0. The molecular formula is C22H18N4O2. The first kappa shape index (κ1) is 19.0. The third-order valence-corrected chi connectivity index (χ3v) is 3.85. The smallest absolute Gasteiger partial charge is 0.196 e. The fourth-order valence-corrected chi connectivity index (χ4v) is 2.43. The largest absolute Gasteiger partial charge is 0.384 e. The lowest BCUT2D eigenvalue weighted by Crippen LogP contribution is -2.01. The van der Waals surface area contributed by atoms with E-state index in [2.05, 4.69) is 19.9 Å². The molecule has 6 nitrogen and oxygen atoms in total. The van der Waals surface area contributed by atoms with Crippen LogP contribution in [0, 0.1) is 0 Å². The zero-order valence-corrected chi connectivity index (χ0v) is 15.0. The summed E-state index contributed by atoms with van der Waals surface area (Å²) in [6.45, 7) is 0. The van der Waals surface area contributed by atoms with E-state index >= 15 is 0 Å². The van der Waals surface area contributed by atoms with Gasteiger partial charge in [0.2, 0.25) is 0 Å². The highest BCUT2D eigenvalue weighted by atomic mass is 16.3. The molecule has 0 aromatic carbocycles. The number of ketones is 1. The van der Waals surface area contributed by atoms with Crippen molar-refractivity contribution in [1.29, 1.82) is 0 Å². The number of hydrogen-bond donors (Lipinski definition) is 1. The van der Waals surface area contributed by atoms with Crippen molar-refractivity contribution in [3.05, 3.63) is 120 Å². The van der Waals surface area contributed by atoms with Crippen molar-refractivity contribution >= 4 is 5.78 Å². The zero-order valence-electron chi connectivity index (χ0n) is 15.0. The highest BCUT2D eigenvalue weighted by Crippen LogP contribution is 2.19. The molecule has 4 rings (SSSR count). The zero-order chi connectivity index (χ0) is 19.6. The minimum atomic E-state index is -0.641. The van der Waals surface area contributed by atoms with Gasteiger partial charge in [0.05, 0.1) is 0 Å². The quantitative estimate of drug-likeness (QED) is 0.555. The fraction of sp³-hybridized carbons (Fsp3) is 0.0455. The molecule has 0 aliphatic carbocycles. The van der Waals surface area contributed by atoms with Gasteiger partial charge in [-0.05, 0) is 36.4 Å². The van der Waals surface area contributed by atoms with Gasteiger partial charge in [0.1, 0.15) is 6.10 Å². The van der Waals surface area contributed by atoms with Crippen molar-refractivity contribution in [2.24, 2.45) is 0 Å². The van der Waals surface area contributed by atoms with Crippen LogP contribution in [0.1, 0.15) is 33.2 Å². The second-order valence-electron chi connectivity index (χ2n) is 5.79. The van der Waals surface area contributed by atoms with Crippen LogP contribution >= 0.6 is 0 Å². The van der Waals surface area contributed by atoms with E-state index in [0.29, 0.717) is 11.1 Å². The van der Waals surface area contributed by atoms with E-state index in [1.165, 1.54) is 0 Å². The lowest BCUT2D eigenvalue weighted by Gasteiger charge is -2.09. The molecule has 4 heterocycles. The second kappa shape index (κ2) is 9.80. The number of hydrogen-bond acceptors (Lipinski definition) is 6. The SMILES string of the molecule is O=C(c1cccnc1)c1cccnc1.OC(c1cccnc1)c1cccnc1. The summed E-state index contributed by atoms with van der Waals surface area (Å²) in [5.74, 6) is -0.0498. The molecule has 0 radical (unpaired) electrons. The maximum atomic E-state index is 11.8. The average molecular weight is 370 g/mol. The Hall–Kier alpha value is -3.77. The van der Waals surface area contributed by atoms with Crippen molar-refractivity contribution in [1.82, 2.24) is 19.9 Å². The van der Waals surface area contributed by atoms with E-state index in [9.17, 15) is 9.90 Å². The van der Waals surface area contributed by atoms with Gasteiger partial charge >= 0.3 is 0 Å². The molecule has 4 aromatic rings. The van der Waals surface area contributed by atoms with Gasteiger partial charge in [-0.25, -0.2) is 0 Å². The van der Waals surface area contributed by atoms with Gasteiger partial charge < -0.3 is 5.11 Å². The van der Waals surface area contributed by atoms with Crippen molar-refractivity contribution < 1.29 is 9.90 Å². The molecule has 0 aliphatic rings. The Bertz CT molecular complexity index is 901. The van der Waals surface area contributed by atoms with Crippen LogP contribution in [-0.4, -0.2) is 30.8 Å². The molecule has 0 spiro atoms. The number of rotatable bonds is 4. The van der Waals surface area contributed by atoms with Gasteiger partial charge in [-0.3, -0.25) is 24.7 Å². The number of pyridine rings is 4. The van der Waals surface area contributed by atoms with Crippen LogP contribution in [0.5, 0.6) is 0 Å². The summed E-state index contributed by atoms with van der Waals surface area (Å²) in [4.78, 5) is 27.4. The van der Waals surface area contributed by atoms with Crippen molar-refractivity contribution in [2.75, 3.05) is 0 Å². The predicted molar refractivity (Wildman–Crippen MR) is 104 cm³/mol. The van der Waals surface area contributed by atoms with E-state index in [-0.39, 0.29) is 5.78 Å². The summed E-state index contributed by atoms with van der Waals surface area (Å²) in [5.41, 5.74) is 2.72. The van der Waals surface area contributed by atoms with Crippen molar-refractivity contribution in [3.8, 4) is 0 Å². The first-order chi connectivity index (χ1) is 13.8. The highest BCUT2D eigenvalue weighted by molar-refractivity contribution is 6.08. The first-order valence-electron chi connectivity index (χ1n) is 8.58. The van der Waals surface area contributed by atoms with Crippen LogP contribution in [0.25, 0.3) is 0 Å². The average Bonchev–Trinajstić information content (AvgIpc) is 2.81. The normalized spacial score (nSPS) is 10.1. The summed E-state index contributed by atoms with van der Waals surface area (Å²) in [6.07, 6.45) is 12.4. The molecular weight excluding hydrogens is 352 g/mol. The number of carbonyl (C=O) groups excluding carboxylic acids is 1. The van der Waals surface area contributed by atoms with Gasteiger partial charge in [-0.1, -0.05) is 12.1 Å². The van der Waals surface area contributed by atoms with Crippen molar-refractivity contribution in [2.45, 2.75) is 6.10 Å². The van der Waals surface area contributed by atoms with Crippen LogP contribution in [0.15, 0.2) is 98.1 Å². The summed E-state index contributed by atoms with van der Waals surface area (Å²) in [5, 5.41) is 9.91. The van der Waals surface area contributed by atoms with Gasteiger partial charge in [-0.2, -0.15) is 0 Å². The number of carbonyl (C=O) groups is 1. The van der Waals surface area contributed by atoms with E-state index in [1.807, 2.05) is 12.1 Å². The highest BCUT2D eigenvalue weighted by Gasteiger charge is 2.09. The van der Waals surface area contributed by atoms with Crippen LogP contribution in [0.3, 0.4) is 0 Å². The van der Waals surface area contributed by atoms with Gasteiger partial charge in [-0.15, -0.1) is 0 Å². The first-order valence-corrected chi connectivity index (χ1v) is 8.58. The molecule has 0 amide bonds. The summed E-state index contributed by atoms with van der Waals surface area (Å²) in [7, 11) is 0. The Balaban J connectivity index is 0.000000161. The minimum Gasteiger partial charge on any atom is -0.384 e. The Labute approximate surface area is 162 Å². The maximum Gasteiger partial charge on any atom is 0.196 e. The van der Waals surface area contributed by atoms with Gasteiger partial charge in [0.15, 0.2) is 5.78 Å². The second-order valence-corrected chi connectivity index (χ2v) is 5.79. The molecule has 0 bridgehead atoms. The van der Waals surface area contributed by atoms with Crippen LogP contribution in [0.2, 0.25) is 0 Å². The van der Waals surface area contributed by atoms with Crippen molar-refractivity contribution in [3.63, 3.8) is 0 Å². The predicted octanol–water partition coefficient (Wildman–Crippen LogP) is 3.27. The summed E-state index contributed by atoms with van der Waals surface area (Å²) in [6, 6.07) is 14.2. The minimum absolute atomic E-state index is 0.0498. The van der Waals surface area contributed by atoms with E-state index in [1.54, 1.807) is 86.0 Å². The Morgan fingerprint density at radius 2 is 1.04 bits per heavy atom. The standard InChI is InChI=1S/C11H10N2O.C11H8N2O/c2*14-11(9-3-1-5-12-7-9)10-4-2-6-13-8-10/h1-8,11,14H;1-8H. The van der Waals surface area contributed by atoms with Crippen LogP contribution < -0.4 is 0 Å². The number of nitrogens with zero attached hydrogens (tertiary/aromatic N) is 4. The Morgan fingerprint density at radius 3 is 1.36 bits per heavy atom. The Kier molecular flexibility index (Phi) is 6.65. The fourth-order valence-electron chi connectivity index (χ4n) is 2.43. The molecule has 0 unspecified atom stereocenters. The monoisotopic (exact) mass is 370 g/mol. The number of aliphatic hydroxyl groups is 1. The number of aromatic nitrogens is 4. The maximum absolute atomic E-state index is 11.8. The van der Waals surface area contributed by atoms with E-state index in [0.717, 1.165) is 11.1 Å². The summed E-state index contributed by atoms with van der Waals surface area (Å²) < 4.78 is 0.